The summed E-state index contributed by atoms with van der Waals surface area (Å²) in [6.07, 6.45) is 1.18. The van der Waals surface area contributed by atoms with Crippen LogP contribution in [0.15, 0.2) is 29.7 Å². The van der Waals surface area contributed by atoms with Crippen LogP contribution in [0.3, 0.4) is 0 Å². The predicted octanol–water partition coefficient (Wildman–Crippen LogP) is 2.81. The van der Waals surface area contributed by atoms with Gasteiger partial charge in [-0.1, -0.05) is 19.4 Å². The zero-order chi connectivity index (χ0) is 23.4. The van der Waals surface area contributed by atoms with Crippen molar-refractivity contribution in [2.24, 2.45) is 5.73 Å². The quantitative estimate of drug-likeness (QED) is 0.681. The number of carbonyl (C=O) groups is 1. The minimum atomic E-state index is -0.484. The van der Waals surface area contributed by atoms with Crippen LogP contribution in [-0.2, 0) is 11.2 Å². The third kappa shape index (κ3) is 4.45. The van der Waals surface area contributed by atoms with E-state index >= 15 is 0 Å². The fraction of sp³-hybridized carbons (Fsp3) is 0.435. The zero-order valence-corrected chi connectivity index (χ0v) is 18.7. The Morgan fingerprint density at radius 2 is 2.12 bits per heavy atom. The lowest BCUT2D eigenvalue weighted by atomic mass is 9.83. The van der Waals surface area contributed by atoms with Crippen LogP contribution in [0.2, 0.25) is 0 Å². The van der Waals surface area contributed by atoms with Gasteiger partial charge in [0.1, 0.15) is 11.6 Å². The van der Waals surface area contributed by atoms with Crippen LogP contribution >= 0.6 is 0 Å². The van der Waals surface area contributed by atoms with Gasteiger partial charge in [-0.15, -0.1) is 5.10 Å². The number of fused-ring (bicyclic) bond motifs is 1. The number of carbonyl (C=O) groups excluding carboxylic acids is 1. The molecule has 1 atom stereocenters. The number of hydrogen-bond donors (Lipinski definition) is 2. The van der Waals surface area contributed by atoms with Gasteiger partial charge in [0, 0.05) is 24.3 Å². The number of aryl methyl sites for hydroxylation is 1. The van der Waals surface area contributed by atoms with Gasteiger partial charge in [-0.3, -0.25) is 5.10 Å². The largest absolute Gasteiger partial charge is 0.490 e. The molecule has 0 unspecified atom stereocenters. The monoisotopic (exact) mass is 453 g/mol. The van der Waals surface area contributed by atoms with Crippen LogP contribution in [0, 0.1) is 11.3 Å². The molecule has 33 heavy (non-hydrogen) atoms. The number of H-pyrrole nitrogens is 1. The van der Waals surface area contributed by atoms with Crippen molar-refractivity contribution < 1.29 is 23.7 Å². The lowest BCUT2D eigenvalue weighted by Crippen LogP contribution is -2.42. The molecule has 174 valence electrons. The van der Waals surface area contributed by atoms with E-state index < -0.39 is 12.0 Å². The summed E-state index contributed by atoms with van der Waals surface area (Å²) in [6, 6.07) is 7.45. The standard InChI is InChI=1S/C23H27N5O5/c1-3-5-16-20-19(15(13-24)21(25)33-22(20)27-26-16)14-6-7-17(18(12-14)31-4-2)32-23(29)28-8-10-30-11-9-28/h6-7,12,19H,3-5,8-11,25H2,1-2H3,(H,26,27)/t19-/m1/s1. The second-order valence-electron chi connectivity index (χ2n) is 7.70. The summed E-state index contributed by atoms with van der Waals surface area (Å²) in [7, 11) is 0. The number of nitrogens with zero attached hydrogens (tertiary/aromatic N) is 3. The van der Waals surface area contributed by atoms with Crippen LogP contribution in [0.4, 0.5) is 4.79 Å². The average molecular weight is 453 g/mol. The van der Waals surface area contributed by atoms with Crippen molar-refractivity contribution in [2.75, 3.05) is 32.9 Å². The Morgan fingerprint density at radius 1 is 1.33 bits per heavy atom. The average Bonchev–Trinajstić information content (AvgIpc) is 3.22. The molecule has 1 fully saturated rings. The first-order valence-electron chi connectivity index (χ1n) is 11.0. The minimum absolute atomic E-state index is 0.0188. The molecule has 10 heteroatoms. The number of aromatic nitrogens is 2. The first kappa shape index (κ1) is 22.5. The highest BCUT2D eigenvalue weighted by molar-refractivity contribution is 5.72. The number of nitriles is 1. The number of rotatable bonds is 6. The molecule has 4 rings (SSSR count). The number of nitrogens with two attached hydrogens (primary N) is 1. The molecule has 10 nitrogen and oxygen atoms in total. The van der Waals surface area contributed by atoms with Gasteiger partial charge >= 0.3 is 6.09 Å². The summed E-state index contributed by atoms with van der Waals surface area (Å²) in [5.41, 5.74) is 8.77. The first-order chi connectivity index (χ1) is 16.1. The van der Waals surface area contributed by atoms with Crippen LogP contribution in [-0.4, -0.2) is 54.1 Å². The van der Waals surface area contributed by atoms with Crippen molar-refractivity contribution in [1.29, 1.82) is 5.26 Å². The van der Waals surface area contributed by atoms with Gasteiger partial charge in [-0.25, -0.2) is 4.79 Å². The molecule has 3 heterocycles. The molecule has 0 aliphatic carbocycles. The maximum atomic E-state index is 12.6. The Bertz CT molecular complexity index is 1100. The molecule has 0 saturated carbocycles. The lowest BCUT2D eigenvalue weighted by Gasteiger charge is -2.27. The van der Waals surface area contributed by atoms with Crippen molar-refractivity contribution in [3.05, 3.63) is 46.5 Å². The van der Waals surface area contributed by atoms with Crippen molar-refractivity contribution >= 4 is 6.09 Å². The van der Waals surface area contributed by atoms with E-state index in [0.29, 0.717) is 55.9 Å². The molecule has 1 saturated heterocycles. The summed E-state index contributed by atoms with van der Waals surface area (Å²) in [6.45, 7) is 6.19. The number of amides is 1. The second-order valence-corrected chi connectivity index (χ2v) is 7.70. The Morgan fingerprint density at radius 3 is 2.82 bits per heavy atom. The summed E-state index contributed by atoms with van der Waals surface area (Å²) in [5.74, 6) is 0.607. The summed E-state index contributed by atoms with van der Waals surface area (Å²) < 4.78 is 22.3. The predicted molar refractivity (Wildman–Crippen MR) is 118 cm³/mol. The van der Waals surface area contributed by atoms with Crippen molar-refractivity contribution in [1.82, 2.24) is 15.1 Å². The van der Waals surface area contributed by atoms with Crippen LogP contribution < -0.4 is 19.9 Å². The molecule has 0 spiro atoms. The number of aromatic amines is 1. The fourth-order valence-corrected chi connectivity index (χ4v) is 4.04. The van der Waals surface area contributed by atoms with E-state index in [1.807, 2.05) is 6.92 Å². The van der Waals surface area contributed by atoms with E-state index in [-0.39, 0.29) is 5.88 Å². The lowest BCUT2D eigenvalue weighted by molar-refractivity contribution is 0.0413. The number of morpholine rings is 1. The number of hydrogen-bond acceptors (Lipinski definition) is 8. The molecule has 0 bridgehead atoms. The smallest absolute Gasteiger partial charge is 0.415 e. The van der Waals surface area contributed by atoms with Gasteiger partial charge in [0.25, 0.3) is 0 Å². The fourth-order valence-electron chi connectivity index (χ4n) is 4.04. The SMILES string of the molecule is CCCc1[nH]nc2c1[C@H](c1ccc(OC(=O)N3CCOCC3)c(OCC)c1)C(C#N)=C(N)O2. The molecule has 1 aromatic carbocycles. The molecular weight excluding hydrogens is 426 g/mol. The third-order valence-electron chi connectivity index (χ3n) is 5.59. The topological polar surface area (TPSA) is 136 Å². The van der Waals surface area contributed by atoms with Gasteiger partial charge in [-0.05, 0) is 31.0 Å². The van der Waals surface area contributed by atoms with E-state index in [1.165, 1.54) is 0 Å². The maximum Gasteiger partial charge on any atom is 0.415 e. The molecule has 1 amide bonds. The van der Waals surface area contributed by atoms with E-state index in [0.717, 1.165) is 29.7 Å². The van der Waals surface area contributed by atoms with Crippen LogP contribution in [0.5, 0.6) is 17.4 Å². The van der Waals surface area contributed by atoms with Gasteiger partial charge < -0.3 is 29.6 Å². The molecule has 1 aromatic heterocycles. The summed E-state index contributed by atoms with van der Waals surface area (Å²) in [5, 5.41) is 17.1. The van der Waals surface area contributed by atoms with Crippen LogP contribution in [0.25, 0.3) is 0 Å². The van der Waals surface area contributed by atoms with Gasteiger partial charge in [0.15, 0.2) is 11.5 Å². The van der Waals surface area contributed by atoms with E-state index in [1.54, 1.807) is 23.1 Å². The molecule has 3 N–H and O–H groups in total. The number of nitrogens with one attached hydrogen (secondary N) is 1. The first-order valence-corrected chi connectivity index (χ1v) is 11.0. The Labute approximate surface area is 191 Å². The number of benzene rings is 1. The summed E-state index contributed by atoms with van der Waals surface area (Å²) >= 11 is 0. The zero-order valence-electron chi connectivity index (χ0n) is 18.7. The Kier molecular flexibility index (Phi) is 6.70. The van der Waals surface area contributed by atoms with Crippen LogP contribution in [0.1, 0.15) is 43.0 Å². The van der Waals surface area contributed by atoms with Crippen molar-refractivity contribution in [3.63, 3.8) is 0 Å². The summed E-state index contributed by atoms with van der Waals surface area (Å²) in [4.78, 5) is 14.2. The normalized spacial score (nSPS) is 17.7. The minimum Gasteiger partial charge on any atom is -0.490 e. The van der Waals surface area contributed by atoms with E-state index in [2.05, 4.69) is 23.2 Å². The molecule has 2 aliphatic heterocycles. The van der Waals surface area contributed by atoms with Crippen molar-refractivity contribution in [2.45, 2.75) is 32.6 Å². The van der Waals surface area contributed by atoms with Gasteiger partial charge in [0.05, 0.1) is 25.7 Å². The van der Waals surface area contributed by atoms with Gasteiger partial charge in [0.2, 0.25) is 11.8 Å². The highest BCUT2D eigenvalue weighted by Crippen LogP contribution is 2.45. The van der Waals surface area contributed by atoms with Crippen molar-refractivity contribution in [3.8, 4) is 23.4 Å². The van der Waals surface area contributed by atoms with Gasteiger partial charge in [-0.2, -0.15) is 5.26 Å². The molecule has 2 aromatic rings. The van der Waals surface area contributed by atoms with E-state index in [9.17, 15) is 10.1 Å². The Balaban J connectivity index is 1.71. The molecular formula is C23H27N5O5. The highest BCUT2D eigenvalue weighted by atomic mass is 16.6. The third-order valence-corrected chi connectivity index (χ3v) is 5.59. The number of allylic oxidation sites excluding steroid dienone is 1. The number of ether oxygens (including phenoxy) is 4. The highest BCUT2D eigenvalue weighted by Gasteiger charge is 2.35. The molecule has 0 radical (unpaired) electrons. The Hall–Kier alpha value is -3.71. The molecule has 2 aliphatic rings. The van der Waals surface area contributed by atoms with E-state index in [4.69, 9.17) is 24.7 Å². The second kappa shape index (κ2) is 9.83. The maximum absolute atomic E-state index is 12.6.